The highest BCUT2D eigenvalue weighted by Crippen LogP contribution is 2.12. The van der Waals surface area contributed by atoms with Gasteiger partial charge in [-0.1, -0.05) is 12.1 Å². The molecular formula is C18H22N4O3. The molecule has 0 unspecified atom stereocenters. The Kier molecular flexibility index (Phi) is 7.24. The highest BCUT2D eigenvalue weighted by Gasteiger charge is 2.04. The van der Waals surface area contributed by atoms with Crippen molar-refractivity contribution in [3.63, 3.8) is 0 Å². The zero-order chi connectivity index (χ0) is 17.9. The maximum atomic E-state index is 5.59. The van der Waals surface area contributed by atoms with Gasteiger partial charge in [0, 0.05) is 0 Å². The molecule has 0 amide bonds. The quantitative estimate of drug-likeness (QED) is 0.646. The monoisotopic (exact) mass is 342 g/mol. The molecule has 1 aromatic carbocycles. The normalized spacial score (nSPS) is 11.9. The topological polar surface area (TPSA) is 80.7 Å². The molecule has 2 rings (SSSR count). The maximum absolute atomic E-state index is 5.59. The second-order valence-corrected chi connectivity index (χ2v) is 4.99. The van der Waals surface area contributed by atoms with Gasteiger partial charge in [0.1, 0.15) is 18.1 Å². The minimum atomic E-state index is 0.106. The van der Waals surface area contributed by atoms with E-state index in [-0.39, 0.29) is 12.8 Å². The molecule has 1 aromatic heterocycles. The summed E-state index contributed by atoms with van der Waals surface area (Å²) >= 11 is 0. The Labute approximate surface area is 147 Å². The molecule has 0 fully saturated rings. The number of hydrogen-bond donors (Lipinski definition) is 1. The molecule has 0 spiro atoms. The van der Waals surface area contributed by atoms with Crippen molar-refractivity contribution >= 4 is 18.7 Å². The van der Waals surface area contributed by atoms with Crippen molar-refractivity contribution in [2.24, 2.45) is 15.0 Å². The molecule has 0 bridgehead atoms. The molecule has 0 saturated heterocycles. The lowest BCUT2D eigenvalue weighted by atomic mass is 10.2. The third-order valence-corrected chi connectivity index (χ3v) is 3.04. The van der Waals surface area contributed by atoms with Crippen LogP contribution in [-0.2, 0) is 11.3 Å². The lowest BCUT2D eigenvalue weighted by Gasteiger charge is -2.10. The highest BCUT2D eigenvalue weighted by atomic mass is 16.5. The number of rotatable bonds is 6. The largest absolute Gasteiger partial charge is 0.471 e. The van der Waals surface area contributed by atoms with Gasteiger partial charge in [-0.3, -0.25) is 5.32 Å². The smallest absolute Gasteiger partial charge is 0.294 e. The molecule has 1 N–H and O–H groups in total. The molecule has 1 heterocycles. The molecule has 0 aliphatic carbocycles. The van der Waals surface area contributed by atoms with E-state index in [9.17, 15) is 0 Å². The van der Waals surface area contributed by atoms with E-state index in [0.717, 1.165) is 17.1 Å². The molecule has 25 heavy (non-hydrogen) atoms. The van der Waals surface area contributed by atoms with E-state index in [1.807, 2.05) is 44.2 Å². The number of amidine groups is 1. The predicted octanol–water partition coefficient (Wildman–Crippen LogP) is 3.16. The van der Waals surface area contributed by atoms with Gasteiger partial charge in [-0.15, -0.1) is 0 Å². The summed E-state index contributed by atoms with van der Waals surface area (Å²) in [6, 6.07) is 11.6. The summed E-state index contributed by atoms with van der Waals surface area (Å²) in [5.41, 5.74) is 1.12. The Morgan fingerprint density at radius 3 is 2.80 bits per heavy atom. The fourth-order valence-corrected chi connectivity index (χ4v) is 1.91. The van der Waals surface area contributed by atoms with Gasteiger partial charge in [0.15, 0.2) is 6.73 Å². The first-order chi connectivity index (χ1) is 12.2. The first kappa shape index (κ1) is 18.3. The maximum Gasteiger partial charge on any atom is 0.294 e. The zero-order valence-corrected chi connectivity index (χ0v) is 14.4. The van der Waals surface area contributed by atoms with Gasteiger partial charge in [-0.25, -0.2) is 9.98 Å². The van der Waals surface area contributed by atoms with Gasteiger partial charge in [0.25, 0.3) is 6.02 Å². The van der Waals surface area contributed by atoms with Crippen molar-refractivity contribution in [3.05, 3.63) is 54.0 Å². The zero-order valence-electron chi connectivity index (χ0n) is 14.4. The van der Waals surface area contributed by atoms with Gasteiger partial charge in [-0.05, 0) is 50.4 Å². The molecule has 0 radical (unpaired) electrons. The molecule has 0 aliphatic rings. The number of ether oxygens (including phenoxy) is 2. The van der Waals surface area contributed by atoms with E-state index >= 15 is 0 Å². The summed E-state index contributed by atoms with van der Waals surface area (Å²) in [5.74, 6) is 1.76. The summed E-state index contributed by atoms with van der Waals surface area (Å²) in [6.07, 6.45) is 1.59. The van der Waals surface area contributed by atoms with Crippen molar-refractivity contribution in [3.8, 4) is 5.75 Å². The Balaban J connectivity index is 1.95. The van der Waals surface area contributed by atoms with Crippen LogP contribution < -0.4 is 10.1 Å². The molecule has 7 heteroatoms. The molecule has 2 aromatic rings. The van der Waals surface area contributed by atoms with Crippen LogP contribution in [-0.4, -0.2) is 32.0 Å². The van der Waals surface area contributed by atoms with Gasteiger partial charge >= 0.3 is 0 Å². The fourth-order valence-electron chi connectivity index (χ4n) is 1.91. The second kappa shape index (κ2) is 9.92. The Hall–Kier alpha value is -3.09. The SMILES string of the molecule is C=NC(=NCc1ccco1)N/C(=N\COc1cccc(C)c1)OCC. The van der Waals surface area contributed by atoms with Crippen molar-refractivity contribution in [1.82, 2.24) is 5.32 Å². The first-order valence-electron chi connectivity index (χ1n) is 7.88. The Bertz CT molecular complexity index is 724. The van der Waals surface area contributed by atoms with Crippen LogP contribution in [0.15, 0.2) is 62.1 Å². The Morgan fingerprint density at radius 2 is 2.12 bits per heavy atom. The lowest BCUT2D eigenvalue weighted by Crippen LogP contribution is -2.32. The van der Waals surface area contributed by atoms with E-state index in [1.165, 1.54) is 0 Å². The van der Waals surface area contributed by atoms with Crippen molar-refractivity contribution in [2.75, 3.05) is 13.3 Å². The van der Waals surface area contributed by atoms with Crippen LogP contribution >= 0.6 is 0 Å². The van der Waals surface area contributed by atoms with Crippen LogP contribution in [0.1, 0.15) is 18.2 Å². The summed E-state index contributed by atoms with van der Waals surface area (Å²) in [4.78, 5) is 12.3. The molecule has 0 aliphatic heterocycles. The van der Waals surface area contributed by atoms with Crippen molar-refractivity contribution in [1.29, 1.82) is 0 Å². The number of aliphatic imine (C=N–C) groups is 3. The van der Waals surface area contributed by atoms with E-state index in [2.05, 4.69) is 27.0 Å². The molecule has 132 valence electrons. The summed E-state index contributed by atoms with van der Waals surface area (Å²) < 4.78 is 16.3. The second-order valence-electron chi connectivity index (χ2n) is 4.99. The van der Waals surface area contributed by atoms with Crippen LogP contribution in [0.2, 0.25) is 0 Å². The first-order valence-corrected chi connectivity index (χ1v) is 7.88. The highest BCUT2D eigenvalue weighted by molar-refractivity contribution is 5.97. The number of nitrogens with one attached hydrogen (secondary N) is 1. The van der Waals surface area contributed by atoms with Crippen LogP contribution in [0.25, 0.3) is 0 Å². The number of guanidine groups is 1. The van der Waals surface area contributed by atoms with Crippen molar-refractivity contribution < 1.29 is 13.9 Å². The number of furan rings is 1. The number of hydrogen-bond acceptors (Lipinski definition) is 5. The van der Waals surface area contributed by atoms with Crippen LogP contribution in [0, 0.1) is 6.92 Å². The van der Waals surface area contributed by atoms with E-state index in [4.69, 9.17) is 13.9 Å². The minimum absolute atomic E-state index is 0.106. The van der Waals surface area contributed by atoms with E-state index in [1.54, 1.807) is 12.3 Å². The summed E-state index contributed by atoms with van der Waals surface area (Å²) in [6.45, 7) is 8.25. The van der Waals surface area contributed by atoms with Crippen LogP contribution in [0.3, 0.4) is 0 Å². The molecule has 7 nitrogen and oxygen atoms in total. The summed E-state index contributed by atoms with van der Waals surface area (Å²) in [5, 5.41) is 2.89. The van der Waals surface area contributed by atoms with Crippen LogP contribution in [0.4, 0.5) is 0 Å². The van der Waals surface area contributed by atoms with Gasteiger partial charge in [0.05, 0.1) is 12.9 Å². The number of aryl methyl sites for hydroxylation is 1. The molecule has 0 atom stereocenters. The fraction of sp³-hybridized carbons (Fsp3) is 0.278. The third kappa shape index (κ3) is 6.50. The van der Waals surface area contributed by atoms with Gasteiger partial charge < -0.3 is 13.9 Å². The average molecular weight is 342 g/mol. The van der Waals surface area contributed by atoms with E-state index in [0.29, 0.717) is 19.1 Å². The average Bonchev–Trinajstić information content (AvgIpc) is 3.12. The Morgan fingerprint density at radius 1 is 1.24 bits per heavy atom. The van der Waals surface area contributed by atoms with Gasteiger partial charge in [0.2, 0.25) is 5.96 Å². The standard InChI is InChI=1S/C18H22N4O3/c1-4-23-18(21-13-25-15-8-5-7-14(2)11-15)22-17(19-3)20-12-16-9-6-10-24-16/h5-11H,3-4,12-13H2,1-2H3,(H,20,21,22). The minimum Gasteiger partial charge on any atom is -0.471 e. The summed E-state index contributed by atoms with van der Waals surface area (Å²) in [7, 11) is 0. The molecule has 0 saturated carbocycles. The molecular weight excluding hydrogens is 320 g/mol. The lowest BCUT2D eigenvalue weighted by molar-refractivity contribution is 0.293. The predicted molar refractivity (Wildman–Crippen MR) is 98.3 cm³/mol. The van der Waals surface area contributed by atoms with Crippen LogP contribution in [0.5, 0.6) is 5.75 Å². The number of benzene rings is 1. The number of nitrogens with zero attached hydrogens (tertiary/aromatic N) is 3. The van der Waals surface area contributed by atoms with Crippen molar-refractivity contribution in [2.45, 2.75) is 20.4 Å². The van der Waals surface area contributed by atoms with Gasteiger partial charge in [-0.2, -0.15) is 4.99 Å². The third-order valence-electron chi connectivity index (χ3n) is 3.04. The van der Waals surface area contributed by atoms with E-state index < -0.39 is 0 Å².